The molecular weight excluding hydrogens is 258 g/mol. The Morgan fingerprint density at radius 3 is 2.50 bits per heavy atom. The summed E-state index contributed by atoms with van der Waals surface area (Å²) in [4.78, 5) is 25.5. The normalized spacial score (nSPS) is 27.5. The van der Waals surface area contributed by atoms with Crippen LogP contribution in [0.5, 0.6) is 0 Å². The third-order valence-corrected chi connectivity index (χ3v) is 4.18. The number of piperazine rings is 1. The van der Waals surface area contributed by atoms with E-state index in [1.807, 2.05) is 13.8 Å². The van der Waals surface area contributed by atoms with Gasteiger partial charge >= 0.3 is 5.97 Å². The molecule has 1 saturated heterocycles. The average Bonchev–Trinajstić information content (AvgIpc) is 2.88. The van der Waals surface area contributed by atoms with Crippen molar-refractivity contribution in [2.45, 2.75) is 31.8 Å². The lowest BCUT2D eigenvalue weighted by Gasteiger charge is -2.40. The molecule has 0 spiro atoms. The number of hydrogen-bond donors (Lipinski definition) is 3. The van der Waals surface area contributed by atoms with E-state index in [4.69, 9.17) is 5.11 Å². The Kier molecular flexibility index (Phi) is 4.45. The van der Waals surface area contributed by atoms with Gasteiger partial charge in [-0.15, -0.1) is 0 Å². The van der Waals surface area contributed by atoms with Gasteiger partial charge in [0.2, 0.25) is 5.91 Å². The smallest absolute Gasteiger partial charge is 0.310 e. The molecule has 0 aromatic rings. The monoisotopic (exact) mass is 281 g/mol. The van der Waals surface area contributed by atoms with Crippen molar-refractivity contribution in [3.8, 4) is 0 Å². The van der Waals surface area contributed by atoms with Crippen LogP contribution < -0.4 is 10.6 Å². The van der Waals surface area contributed by atoms with Crippen molar-refractivity contribution in [2.75, 3.05) is 26.2 Å². The van der Waals surface area contributed by atoms with Crippen molar-refractivity contribution < 1.29 is 14.7 Å². The van der Waals surface area contributed by atoms with Crippen molar-refractivity contribution in [3.63, 3.8) is 0 Å². The highest BCUT2D eigenvalue weighted by Crippen LogP contribution is 2.20. The molecule has 0 saturated carbocycles. The van der Waals surface area contributed by atoms with Crippen molar-refractivity contribution in [2.24, 2.45) is 5.92 Å². The summed E-state index contributed by atoms with van der Waals surface area (Å²) in [6.45, 7) is 7.31. The molecule has 2 aliphatic rings. The summed E-state index contributed by atoms with van der Waals surface area (Å²) < 4.78 is 0. The summed E-state index contributed by atoms with van der Waals surface area (Å²) in [6, 6.07) is -0.175. The van der Waals surface area contributed by atoms with E-state index in [-0.39, 0.29) is 11.9 Å². The molecular formula is C14H23N3O3. The van der Waals surface area contributed by atoms with Gasteiger partial charge in [-0.2, -0.15) is 0 Å². The van der Waals surface area contributed by atoms with Gasteiger partial charge in [0.05, 0.1) is 11.5 Å². The second-order valence-corrected chi connectivity index (χ2v) is 5.94. The third kappa shape index (κ3) is 3.19. The molecule has 2 atom stereocenters. The maximum Gasteiger partial charge on any atom is 0.310 e. The first-order valence-corrected chi connectivity index (χ1v) is 7.09. The van der Waals surface area contributed by atoms with Crippen LogP contribution in [-0.2, 0) is 9.59 Å². The Morgan fingerprint density at radius 2 is 1.95 bits per heavy atom. The summed E-state index contributed by atoms with van der Waals surface area (Å²) in [5, 5.41) is 15.2. The molecule has 1 amide bonds. The first kappa shape index (κ1) is 15.0. The second kappa shape index (κ2) is 5.93. The highest BCUT2D eigenvalue weighted by Gasteiger charge is 2.37. The van der Waals surface area contributed by atoms with Gasteiger partial charge in [0.1, 0.15) is 0 Å². The SMILES string of the molecule is CC(C)(C(=O)NC1C=CC(C(=O)O)C1)N1CCNCC1. The van der Waals surface area contributed by atoms with Gasteiger partial charge in [0.15, 0.2) is 0 Å². The van der Waals surface area contributed by atoms with Gasteiger partial charge in [-0.3, -0.25) is 14.5 Å². The zero-order valence-corrected chi connectivity index (χ0v) is 12.1. The minimum atomic E-state index is -0.834. The van der Waals surface area contributed by atoms with Gasteiger partial charge in [-0.25, -0.2) is 0 Å². The van der Waals surface area contributed by atoms with Gasteiger partial charge in [-0.05, 0) is 20.3 Å². The summed E-state index contributed by atoms with van der Waals surface area (Å²) in [5.41, 5.74) is -0.572. The molecule has 112 valence electrons. The molecule has 2 unspecified atom stereocenters. The second-order valence-electron chi connectivity index (χ2n) is 5.94. The zero-order valence-electron chi connectivity index (χ0n) is 12.1. The van der Waals surface area contributed by atoms with E-state index < -0.39 is 17.4 Å². The number of carboxylic acid groups (broad SMARTS) is 1. The Bertz CT molecular complexity index is 414. The van der Waals surface area contributed by atoms with Gasteiger partial charge in [0.25, 0.3) is 0 Å². The molecule has 20 heavy (non-hydrogen) atoms. The van der Waals surface area contributed by atoms with Crippen LogP contribution in [0.4, 0.5) is 0 Å². The standard InChI is InChI=1S/C14H23N3O3/c1-14(2,17-7-5-15-6-8-17)13(20)16-11-4-3-10(9-11)12(18)19/h3-4,10-11,15H,5-9H2,1-2H3,(H,16,20)(H,18,19). The highest BCUT2D eigenvalue weighted by atomic mass is 16.4. The number of carbonyl (C=O) groups excluding carboxylic acids is 1. The molecule has 0 aromatic carbocycles. The summed E-state index contributed by atoms with van der Waals surface area (Å²) >= 11 is 0. The van der Waals surface area contributed by atoms with Crippen LogP contribution >= 0.6 is 0 Å². The van der Waals surface area contributed by atoms with Crippen molar-refractivity contribution >= 4 is 11.9 Å². The number of hydrogen-bond acceptors (Lipinski definition) is 4. The number of rotatable bonds is 4. The van der Waals surface area contributed by atoms with E-state index in [0.29, 0.717) is 6.42 Å². The van der Waals surface area contributed by atoms with E-state index in [2.05, 4.69) is 15.5 Å². The summed E-state index contributed by atoms with van der Waals surface area (Å²) in [7, 11) is 0. The fourth-order valence-electron chi connectivity index (χ4n) is 2.70. The molecule has 3 N–H and O–H groups in total. The van der Waals surface area contributed by atoms with E-state index in [9.17, 15) is 9.59 Å². The van der Waals surface area contributed by atoms with Crippen molar-refractivity contribution in [1.82, 2.24) is 15.5 Å². The van der Waals surface area contributed by atoms with E-state index in [0.717, 1.165) is 26.2 Å². The number of nitrogens with zero attached hydrogens (tertiary/aromatic N) is 1. The Hall–Kier alpha value is -1.40. The van der Waals surface area contributed by atoms with Crippen LogP contribution in [0.3, 0.4) is 0 Å². The molecule has 6 nitrogen and oxygen atoms in total. The lowest BCUT2D eigenvalue weighted by Crippen LogP contribution is -2.60. The van der Waals surface area contributed by atoms with Gasteiger partial charge in [0, 0.05) is 32.2 Å². The molecule has 1 fully saturated rings. The Labute approximate surface area is 119 Å². The van der Waals surface area contributed by atoms with E-state index >= 15 is 0 Å². The van der Waals surface area contributed by atoms with Crippen LogP contribution in [0.1, 0.15) is 20.3 Å². The maximum atomic E-state index is 12.4. The first-order chi connectivity index (χ1) is 9.41. The fraction of sp³-hybridized carbons (Fsp3) is 0.714. The predicted octanol–water partition coefficient (Wildman–Crippen LogP) is -0.184. The topological polar surface area (TPSA) is 81.7 Å². The van der Waals surface area contributed by atoms with Gasteiger partial charge < -0.3 is 15.7 Å². The van der Waals surface area contributed by atoms with Crippen LogP contribution in [0.15, 0.2) is 12.2 Å². The molecule has 2 rings (SSSR count). The largest absolute Gasteiger partial charge is 0.481 e. The molecule has 1 heterocycles. The zero-order chi connectivity index (χ0) is 14.8. The summed E-state index contributed by atoms with van der Waals surface area (Å²) in [6.07, 6.45) is 3.88. The third-order valence-electron chi connectivity index (χ3n) is 4.18. The fourth-order valence-corrected chi connectivity index (χ4v) is 2.70. The van der Waals surface area contributed by atoms with Crippen LogP contribution in [-0.4, -0.2) is 59.6 Å². The van der Waals surface area contributed by atoms with E-state index in [1.54, 1.807) is 12.2 Å². The van der Waals surface area contributed by atoms with E-state index in [1.165, 1.54) is 0 Å². The molecule has 6 heteroatoms. The molecule has 0 bridgehead atoms. The number of nitrogens with one attached hydrogen (secondary N) is 2. The Morgan fingerprint density at radius 1 is 1.30 bits per heavy atom. The highest BCUT2D eigenvalue weighted by molar-refractivity contribution is 5.86. The minimum Gasteiger partial charge on any atom is -0.481 e. The molecule has 1 aliphatic carbocycles. The lowest BCUT2D eigenvalue weighted by atomic mass is 9.99. The summed E-state index contributed by atoms with van der Waals surface area (Å²) in [5.74, 6) is -1.36. The molecule has 1 aliphatic heterocycles. The Balaban J connectivity index is 1.91. The number of amides is 1. The average molecular weight is 281 g/mol. The molecule has 0 radical (unpaired) electrons. The maximum absolute atomic E-state index is 12.4. The predicted molar refractivity (Wildman–Crippen MR) is 75.3 cm³/mol. The minimum absolute atomic E-state index is 0.0416. The first-order valence-electron chi connectivity index (χ1n) is 7.09. The van der Waals surface area contributed by atoms with Crippen LogP contribution in [0, 0.1) is 5.92 Å². The van der Waals surface area contributed by atoms with Crippen LogP contribution in [0.25, 0.3) is 0 Å². The van der Waals surface area contributed by atoms with Crippen molar-refractivity contribution in [1.29, 1.82) is 0 Å². The van der Waals surface area contributed by atoms with Crippen molar-refractivity contribution in [3.05, 3.63) is 12.2 Å². The van der Waals surface area contributed by atoms with Gasteiger partial charge in [-0.1, -0.05) is 12.2 Å². The number of carbonyl (C=O) groups is 2. The quantitative estimate of drug-likeness (QED) is 0.623. The van der Waals surface area contributed by atoms with Crippen LogP contribution in [0.2, 0.25) is 0 Å². The number of carboxylic acids is 1. The lowest BCUT2D eigenvalue weighted by molar-refractivity contribution is -0.140. The number of aliphatic carboxylic acids is 1. The molecule has 0 aromatic heterocycles.